The van der Waals surface area contributed by atoms with Crippen molar-refractivity contribution in [1.82, 2.24) is 25.1 Å². The number of terminal acetylenes is 1. The number of aromatic amines is 1. The van der Waals surface area contributed by atoms with Gasteiger partial charge in [-0.3, -0.25) is 5.10 Å². The number of halogens is 1. The molecule has 1 N–H and O–H groups in total. The molecule has 8 rings (SSSR count). The van der Waals surface area contributed by atoms with E-state index >= 15 is 4.39 Å². The molecule has 280 valence electrons. The van der Waals surface area contributed by atoms with E-state index in [0.717, 1.165) is 52.3 Å². The molecule has 0 unspecified atom stereocenters. The number of amides is 1. The van der Waals surface area contributed by atoms with Crippen molar-refractivity contribution < 1.29 is 28.1 Å². The van der Waals surface area contributed by atoms with E-state index in [9.17, 15) is 4.79 Å². The van der Waals surface area contributed by atoms with Crippen LogP contribution in [0.15, 0.2) is 42.6 Å². The Bertz CT molecular complexity index is 2290. The van der Waals surface area contributed by atoms with E-state index in [-0.39, 0.29) is 48.6 Å². The van der Waals surface area contributed by atoms with Gasteiger partial charge in [0, 0.05) is 47.7 Å². The average molecular weight is 733 g/mol. The standard InChI is InChI=1S/C42H45FN6O5/c1-8-25-9-11-26(12-10-25)22-52-38-36(35-24(3)33(43)17-34-32(35)18-44-47-34)30(27-13-14-27)16-31-37(38)45-40(53-23(2)21-51-7)46-39(31)48-19-29-15-28(48)20-49(29)41(50)54-42(4,5)6/h1,9-12,16-18,23,27-29H,13-15,19-22H2,2-7H3,(H,44,47)/t23-,28-,29-/m0/s1. The Morgan fingerprint density at radius 2 is 1.87 bits per heavy atom. The largest absolute Gasteiger partial charge is 0.486 e. The van der Waals surface area contributed by atoms with Crippen LogP contribution in [0.3, 0.4) is 0 Å². The third kappa shape index (κ3) is 6.66. The first-order chi connectivity index (χ1) is 25.9. The second-order valence-corrected chi connectivity index (χ2v) is 15.7. The maximum Gasteiger partial charge on any atom is 0.410 e. The summed E-state index contributed by atoms with van der Waals surface area (Å²) in [5.74, 6) is 3.78. The molecule has 0 spiro atoms. The second-order valence-electron chi connectivity index (χ2n) is 15.7. The van der Waals surface area contributed by atoms with Crippen molar-refractivity contribution in [2.45, 2.75) is 90.2 Å². The Morgan fingerprint density at radius 3 is 2.54 bits per heavy atom. The molecular weight excluding hydrogens is 687 g/mol. The third-order valence-electron chi connectivity index (χ3n) is 10.5. The third-order valence-corrected chi connectivity index (χ3v) is 10.5. The number of nitrogens with one attached hydrogen (secondary N) is 1. The van der Waals surface area contributed by atoms with Gasteiger partial charge in [-0.2, -0.15) is 15.1 Å². The highest BCUT2D eigenvalue weighted by Crippen LogP contribution is 2.53. The maximum atomic E-state index is 15.8. The van der Waals surface area contributed by atoms with Gasteiger partial charge in [0.05, 0.1) is 30.4 Å². The van der Waals surface area contributed by atoms with Crippen molar-refractivity contribution in [2.24, 2.45) is 0 Å². The molecule has 0 radical (unpaired) electrons. The number of likely N-dealkylation sites (tertiary alicyclic amines) is 1. The Morgan fingerprint density at radius 1 is 1.09 bits per heavy atom. The number of rotatable bonds is 10. The van der Waals surface area contributed by atoms with Gasteiger partial charge in [0.15, 0.2) is 5.75 Å². The Hall–Kier alpha value is -5.41. The van der Waals surface area contributed by atoms with Crippen LogP contribution in [0.1, 0.15) is 75.1 Å². The van der Waals surface area contributed by atoms with E-state index in [1.54, 1.807) is 20.2 Å². The Balaban J connectivity index is 1.33. The zero-order valence-electron chi connectivity index (χ0n) is 31.5. The van der Waals surface area contributed by atoms with Crippen molar-refractivity contribution in [2.75, 3.05) is 31.7 Å². The van der Waals surface area contributed by atoms with Gasteiger partial charge in [0.25, 0.3) is 0 Å². The summed E-state index contributed by atoms with van der Waals surface area (Å²) in [6, 6.07) is 11.5. The fourth-order valence-electron chi connectivity index (χ4n) is 7.86. The number of aromatic nitrogens is 4. The molecule has 2 aliphatic heterocycles. The molecule has 2 saturated heterocycles. The van der Waals surface area contributed by atoms with Crippen LogP contribution < -0.4 is 14.4 Å². The van der Waals surface area contributed by atoms with Crippen LogP contribution in [0.2, 0.25) is 0 Å². The van der Waals surface area contributed by atoms with Gasteiger partial charge in [-0.1, -0.05) is 18.1 Å². The van der Waals surface area contributed by atoms with Gasteiger partial charge in [-0.15, -0.1) is 6.42 Å². The molecule has 11 nitrogen and oxygen atoms in total. The van der Waals surface area contributed by atoms with E-state index < -0.39 is 5.60 Å². The number of carbonyl (C=O) groups excluding carboxylic acids is 1. The van der Waals surface area contributed by atoms with E-state index in [2.05, 4.69) is 27.1 Å². The van der Waals surface area contributed by atoms with Gasteiger partial charge in [-0.05, 0) is 101 Å². The lowest BCUT2D eigenvalue weighted by atomic mass is 9.88. The van der Waals surface area contributed by atoms with E-state index in [1.807, 2.05) is 56.9 Å². The zero-order valence-corrected chi connectivity index (χ0v) is 31.5. The molecule has 3 atom stereocenters. The van der Waals surface area contributed by atoms with Crippen LogP contribution in [0.25, 0.3) is 32.9 Å². The number of nitrogens with zero attached hydrogens (tertiary/aromatic N) is 5. The van der Waals surface area contributed by atoms with Gasteiger partial charge in [0.1, 0.15) is 35.5 Å². The summed E-state index contributed by atoms with van der Waals surface area (Å²) >= 11 is 0. The number of carbonyl (C=O) groups is 1. The van der Waals surface area contributed by atoms with Crippen molar-refractivity contribution >= 4 is 33.7 Å². The Kier molecular flexibility index (Phi) is 9.09. The fourth-order valence-corrected chi connectivity index (χ4v) is 7.86. The average Bonchev–Trinajstić information content (AvgIpc) is 3.52. The SMILES string of the molecule is C#Cc1ccc(COc2c(-c3c(C)c(F)cc4[nH]ncc34)c(C3CC3)cc3c(N4C[C@@H]5C[C@H]4CN5C(=O)OC(C)(C)C)nc(O[C@@H](C)COC)nc23)cc1. The molecule has 2 aromatic heterocycles. The number of piperazine rings is 1. The van der Waals surface area contributed by atoms with E-state index in [1.165, 1.54) is 6.07 Å². The van der Waals surface area contributed by atoms with Gasteiger partial charge < -0.3 is 28.7 Å². The highest BCUT2D eigenvalue weighted by atomic mass is 19.1. The molecule has 12 heteroatoms. The molecule has 2 bridgehead atoms. The van der Waals surface area contributed by atoms with Crippen molar-refractivity contribution in [3.63, 3.8) is 0 Å². The molecule has 4 heterocycles. The molecule has 3 fully saturated rings. The fraction of sp³-hybridized carbons (Fsp3) is 0.429. The molecule has 1 saturated carbocycles. The molecule has 1 aliphatic carbocycles. The quantitative estimate of drug-likeness (QED) is 0.145. The number of benzene rings is 3. The summed E-state index contributed by atoms with van der Waals surface area (Å²) < 4.78 is 40.2. The normalized spacial score (nSPS) is 18.7. The Labute approximate surface area is 314 Å². The molecule has 1 amide bonds. The van der Waals surface area contributed by atoms with Crippen molar-refractivity contribution in [3.05, 3.63) is 70.7 Å². The number of hydrogen-bond acceptors (Lipinski definition) is 9. The van der Waals surface area contributed by atoms with E-state index in [0.29, 0.717) is 53.4 Å². The van der Waals surface area contributed by atoms with Gasteiger partial charge in [-0.25, -0.2) is 9.18 Å². The second kappa shape index (κ2) is 13.8. The number of fused-ring (bicyclic) bond motifs is 4. The summed E-state index contributed by atoms with van der Waals surface area (Å²) in [5.41, 5.74) is 5.26. The van der Waals surface area contributed by atoms with Crippen molar-refractivity contribution in [1.29, 1.82) is 0 Å². The first-order valence-corrected chi connectivity index (χ1v) is 18.5. The number of methoxy groups -OCH3 is 1. The number of ether oxygens (including phenoxy) is 4. The lowest BCUT2D eigenvalue weighted by molar-refractivity contribution is 0.0214. The summed E-state index contributed by atoms with van der Waals surface area (Å²) in [7, 11) is 1.62. The summed E-state index contributed by atoms with van der Waals surface area (Å²) in [6.07, 6.45) is 9.49. The highest BCUT2D eigenvalue weighted by molar-refractivity contribution is 6.06. The number of hydrogen-bond donors (Lipinski definition) is 1. The zero-order chi connectivity index (χ0) is 37.9. The summed E-state index contributed by atoms with van der Waals surface area (Å²) in [5, 5.41) is 8.86. The van der Waals surface area contributed by atoms with Gasteiger partial charge >= 0.3 is 12.1 Å². The molecule has 54 heavy (non-hydrogen) atoms. The number of H-pyrrole nitrogens is 1. The summed E-state index contributed by atoms with van der Waals surface area (Å²) in [6.45, 7) is 11.0. The lowest BCUT2D eigenvalue weighted by Gasteiger charge is -2.36. The van der Waals surface area contributed by atoms with Crippen LogP contribution in [0, 0.1) is 25.1 Å². The van der Waals surface area contributed by atoms with E-state index in [4.69, 9.17) is 35.3 Å². The van der Waals surface area contributed by atoms with Crippen LogP contribution in [-0.4, -0.2) is 81.8 Å². The molecule has 3 aliphatic rings. The molecule has 3 aromatic carbocycles. The van der Waals surface area contributed by atoms with Gasteiger partial charge in [0.2, 0.25) is 0 Å². The predicted octanol–water partition coefficient (Wildman–Crippen LogP) is 7.67. The predicted molar refractivity (Wildman–Crippen MR) is 204 cm³/mol. The molecule has 5 aromatic rings. The first kappa shape index (κ1) is 35.6. The topological polar surface area (TPSA) is 115 Å². The monoisotopic (exact) mass is 732 g/mol. The minimum absolute atomic E-state index is 0.00368. The minimum atomic E-state index is -0.592. The van der Waals surface area contributed by atoms with Crippen LogP contribution in [0.4, 0.5) is 15.0 Å². The molecular formula is C42H45FN6O5. The van der Waals surface area contributed by atoms with Crippen LogP contribution >= 0.6 is 0 Å². The van der Waals surface area contributed by atoms with Crippen molar-refractivity contribution in [3.8, 4) is 35.2 Å². The van der Waals surface area contributed by atoms with Crippen LogP contribution in [0.5, 0.6) is 11.8 Å². The lowest BCUT2D eigenvalue weighted by Crippen LogP contribution is -2.50. The highest BCUT2D eigenvalue weighted by Gasteiger charge is 2.48. The smallest absolute Gasteiger partial charge is 0.410 e. The minimum Gasteiger partial charge on any atom is -0.486 e. The van der Waals surface area contributed by atoms with Crippen LogP contribution in [-0.2, 0) is 16.1 Å². The number of anilines is 1. The first-order valence-electron chi connectivity index (χ1n) is 18.5. The summed E-state index contributed by atoms with van der Waals surface area (Å²) in [4.78, 5) is 27.5. The maximum absolute atomic E-state index is 15.8.